The second kappa shape index (κ2) is 10.0. The Morgan fingerprint density at radius 2 is 1.87 bits per heavy atom. The molecule has 3 aromatic rings. The standard InChI is InChI=1S/C21H21FN4O3S/c1-26-19(11-12-20(28)23-17-6-4-3-5-16(17)22)24-25-21(26)30-13-18(27)14-7-9-15(29-2)10-8-14/h3-10H,11-13H2,1-2H3,(H,23,28). The van der Waals surface area contributed by atoms with Gasteiger partial charge in [0.2, 0.25) is 5.91 Å². The van der Waals surface area contributed by atoms with E-state index in [1.165, 1.54) is 23.9 Å². The lowest BCUT2D eigenvalue weighted by molar-refractivity contribution is -0.116. The highest BCUT2D eigenvalue weighted by atomic mass is 32.2. The fourth-order valence-corrected chi connectivity index (χ4v) is 3.50. The van der Waals surface area contributed by atoms with Crippen LogP contribution in [0.1, 0.15) is 22.6 Å². The molecule has 1 heterocycles. The van der Waals surface area contributed by atoms with Gasteiger partial charge in [0.25, 0.3) is 0 Å². The smallest absolute Gasteiger partial charge is 0.224 e. The van der Waals surface area contributed by atoms with Crippen LogP contribution in [0.15, 0.2) is 53.7 Å². The maximum absolute atomic E-state index is 13.6. The molecule has 7 nitrogen and oxygen atoms in total. The number of nitrogens with zero attached hydrogens (tertiary/aromatic N) is 3. The summed E-state index contributed by atoms with van der Waals surface area (Å²) in [4.78, 5) is 24.4. The number of ether oxygens (including phenoxy) is 1. The molecule has 156 valence electrons. The number of aryl methyl sites for hydroxylation is 1. The number of hydrogen-bond donors (Lipinski definition) is 1. The van der Waals surface area contributed by atoms with Gasteiger partial charge in [-0.1, -0.05) is 23.9 Å². The van der Waals surface area contributed by atoms with Gasteiger partial charge in [-0.25, -0.2) is 4.39 Å². The summed E-state index contributed by atoms with van der Waals surface area (Å²) in [6.45, 7) is 0. The molecular formula is C21H21FN4O3S. The quantitative estimate of drug-likeness (QED) is 0.415. The third-order valence-electron chi connectivity index (χ3n) is 4.39. The molecule has 9 heteroatoms. The molecule has 0 bridgehead atoms. The van der Waals surface area contributed by atoms with E-state index in [4.69, 9.17) is 4.74 Å². The average molecular weight is 428 g/mol. The van der Waals surface area contributed by atoms with Gasteiger partial charge < -0.3 is 14.6 Å². The Morgan fingerprint density at radius 1 is 1.13 bits per heavy atom. The Hall–Kier alpha value is -3.20. The number of ketones is 1. The zero-order valence-electron chi connectivity index (χ0n) is 16.6. The summed E-state index contributed by atoms with van der Waals surface area (Å²) in [5, 5.41) is 11.3. The van der Waals surface area contributed by atoms with Crippen molar-refractivity contribution in [2.75, 3.05) is 18.2 Å². The summed E-state index contributed by atoms with van der Waals surface area (Å²) in [5.41, 5.74) is 0.740. The van der Waals surface area contributed by atoms with Crippen molar-refractivity contribution < 1.29 is 18.7 Å². The van der Waals surface area contributed by atoms with E-state index in [2.05, 4.69) is 15.5 Å². The van der Waals surface area contributed by atoms with Crippen LogP contribution in [0.3, 0.4) is 0 Å². The van der Waals surface area contributed by atoms with Gasteiger partial charge in [0.15, 0.2) is 10.9 Å². The Morgan fingerprint density at radius 3 is 2.57 bits per heavy atom. The van der Waals surface area contributed by atoms with Crippen LogP contribution in [-0.4, -0.2) is 39.3 Å². The third kappa shape index (κ3) is 5.44. The van der Waals surface area contributed by atoms with E-state index >= 15 is 0 Å². The highest BCUT2D eigenvalue weighted by Gasteiger charge is 2.14. The number of hydrogen-bond acceptors (Lipinski definition) is 6. The Balaban J connectivity index is 1.52. The molecule has 0 radical (unpaired) electrons. The molecule has 0 unspecified atom stereocenters. The van der Waals surface area contributed by atoms with E-state index < -0.39 is 5.82 Å². The number of Topliss-reactive ketones (excluding diaryl/α,β-unsaturated/α-hetero) is 1. The third-order valence-corrected chi connectivity index (χ3v) is 5.41. The SMILES string of the molecule is COc1ccc(C(=O)CSc2nnc(CCC(=O)Nc3ccccc3F)n2C)cc1. The number of benzene rings is 2. The Labute approximate surface area is 177 Å². The van der Waals surface area contributed by atoms with Crippen LogP contribution >= 0.6 is 11.8 Å². The van der Waals surface area contributed by atoms with Crippen molar-refractivity contribution in [1.29, 1.82) is 0 Å². The van der Waals surface area contributed by atoms with Crippen molar-refractivity contribution >= 4 is 29.1 Å². The molecule has 1 N–H and O–H groups in total. The van der Waals surface area contributed by atoms with Crippen LogP contribution in [0.25, 0.3) is 0 Å². The minimum atomic E-state index is -0.482. The van der Waals surface area contributed by atoms with Gasteiger partial charge in [0.05, 0.1) is 18.6 Å². The summed E-state index contributed by atoms with van der Waals surface area (Å²) in [6, 6.07) is 12.9. The number of carbonyl (C=O) groups excluding carboxylic acids is 2. The summed E-state index contributed by atoms with van der Waals surface area (Å²) in [5.74, 6) is 0.689. The van der Waals surface area contributed by atoms with Gasteiger partial charge in [-0.3, -0.25) is 9.59 Å². The van der Waals surface area contributed by atoms with Crippen LogP contribution in [-0.2, 0) is 18.3 Å². The number of halogens is 1. The number of anilines is 1. The summed E-state index contributed by atoms with van der Waals surface area (Å²) in [7, 11) is 3.35. The fraction of sp³-hybridized carbons (Fsp3) is 0.238. The van der Waals surface area contributed by atoms with Crippen molar-refractivity contribution in [1.82, 2.24) is 14.8 Å². The number of thioether (sulfide) groups is 1. The maximum atomic E-state index is 13.6. The Bertz CT molecular complexity index is 1040. The van der Waals surface area contributed by atoms with Gasteiger partial charge in [0.1, 0.15) is 17.4 Å². The highest BCUT2D eigenvalue weighted by molar-refractivity contribution is 7.99. The summed E-state index contributed by atoms with van der Waals surface area (Å²) >= 11 is 1.28. The molecule has 2 aromatic carbocycles. The summed E-state index contributed by atoms with van der Waals surface area (Å²) < 4.78 is 20.5. The normalized spacial score (nSPS) is 10.6. The molecule has 0 aliphatic heterocycles. The number of amides is 1. The van der Waals surface area contributed by atoms with Crippen molar-refractivity contribution in [2.45, 2.75) is 18.0 Å². The van der Waals surface area contributed by atoms with Crippen molar-refractivity contribution in [3.63, 3.8) is 0 Å². The molecular weight excluding hydrogens is 407 g/mol. The van der Waals surface area contributed by atoms with E-state index in [0.29, 0.717) is 28.7 Å². The molecule has 0 atom stereocenters. The fourth-order valence-electron chi connectivity index (χ4n) is 2.68. The van der Waals surface area contributed by atoms with Crippen molar-refractivity contribution in [3.8, 4) is 5.75 Å². The molecule has 1 amide bonds. The van der Waals surface area contributed by atoms with Gasteiger partial charge in [-0.15, -0.1) is 10.2 Å². The van der Waals surface area contributed by atoms with E-state index in [1.807, 2.05) is 0 Å². The minimum Gasteiger partial charge on any atom is -0.497 e. The largest absolute Gasteiger partial charge is 0.497 e. The Kier molecular flexibility index (Phi) is 7.18. The van der Waals surface area contributed by atoms with Gasteiger partial charge in [0, 0.05) is 25.5 Å². The highest BCUT2D eigenvalue weighted by Crippen LogP contribution is 2.20. The molecule has 1 aromatic heterocycles. The molecule has 3 rings (SSSR count). The first-order valence-electron chi connectivity index (χ1n) is 9.20. The number of para-hydroxylation sites is 1. The number of carbonyl (C=O) groups is 2. The molecule has 0 saturated carbocycles. The summed E-state index contributed by atoms with van der Waals surface area (Å²) in [6.07, 6.45) is 0.479. The molecule has 0 aliphatic carbocycles. The van der Waals surface area contributed by atoms with Crippen LogP contribution in [0, 0.1) is 5.82 Å². The first-order valence-corrected chi connectivity index (χ1v) is 10.2. The monoisotopic (exact) mass is 428 g/mol. The molecule has 30 heavy (non-hydrogen) atoms. The lowest BCUT2D eigenvalue weighted by Crippen LogP contribution is -2.14. The predicted molar refractivity (Wildman–Crippen MR) is 112 cm³/mol. The van der Waals surface area contributed by atoms with E-state index in [1.54, 1.807) is 55.1 Å². The maximum Gasteiger partial charge on any atom is 0.224 e. The van der Waals surface area contributed by atoms with Crippen LogP contribution < -0.4 is 10.1 Å². The lowest BCUT2D eigenvalue weighted by Gasteiger charge is -2.06. The number of nitrogens with one attached hydrogen (secondary N) is 1. The number of aromatic nitrogens is 3. The lowest BCUT2D eigenvalue weighted by atomic mass is 10.1. The predicted octanol–water partition coefficient (Wildman–Crippen LogP) is 3.51. The molecule has 0 aliphatic rings. The first kappa shape index (κ1) is 21.5. The minimum absolute atomic E-state index is 0.0310. The topological polar surface area (TPSA) is 86.1 Å². The van der Waals surface area contributed by atoms with Crippen LogP contribution in [0.2, 0.25) is 0 Å². The van der Waals surface area contributed by atoms with Crippen LogP contribution in [0.4, 0.5) is 10.1 Å². The second-order valence-corrected chi connectivity index (χ2v) is 7.37. The molecule has 0 saturated heterocycles. The number of rotatable bonds is 9. The number of methoxy groups -OCH3 is 1. The van der Waals surface area contributed by atoms with E-state index in [-0.39, 0.29) is 29.6 Å². The average Bonchev–Trinajstić information content (AvgIpc) is 3.11. The zero-order chi connectivity index (χ0) is 21.5. The zero-order valence-corrected chi connectivity index (χ0v) is 17.4. The van der Waals surface area contributed by atoms with Crippen LogP contribution in [0.5, 0.6) is 5.75 Å². The van der Waals surface area contributed by atoms with Gasteiger partial charge in [-0.05, 0) is 36.4 Å². The molecule has 0 fully saturated rings. The molecule has 0 spiro atoms. The van der Waals surface area contributed by atoms with Crippen molar-refractivity contribution in [2.24, 2.45) is 7.05 Å². The first-order chi connectivity index (χ1) is 14.5. The van der Waals surface area contributed by atoms with E-state index in [0.717, 1.165) is 0 Å². The van der Waals surface area contributed by atoms with E-state index in [9.17, 15) is 14.0 Å². The van der Waals surface area contributed by atoms with Gasteiger partial charge in [-0.2, -0.15) is 0 Å². The van der Waals surface area contributed by atoms with Gasteiger partial charge >= 0.3 is 0 Å². The van der Waals surface area contributed by atoms with Crippen molar-refractivity contribution in [3.05, 3.63) is 65.7 Å². The second-order valence-electron chi connectivity index (χ2n) is 6.43.